The van der Waals surface area contributed by atoms with Crippen LogP contribution in [0.2, 0.25) is 0 Å². The van der Waals surface area contributed by atoms with E-state index < -0.39 is 10.0 Å². The van der Waals surface area contributed by atoms with E-state index in [9.17, 15) is 8.42 Å². The zero-order valence-electron chi connectivity index (χ0n) is 10.2. The van der Waals surface area contributed by atoms with Crippen molar-refractivity contribution in [2.24, 2.45) is 5.41 Å². The Morgan fingerprint density at radius 3 is 2.38 bits per heavy atom. The summed E-state index contributed by atoms with van der Waals surface area (Å²) in [7, 11) is -3.19. The minimum atomic E-state index is -3.19. The van der Waals surface area contributed by atoms with Crippen LogP contribution in [0.25, 0.3) is 0 Å². The summed E-state index contributed by atoms with van der Waals surface area (Å²) in [5.41, 5.74) is 0.354. The minimum Gasteiger partial charge on any atom is -0.396 e. The lowest BCUT2D eigenvalue weighted by molar-refractivity contribution is 0.218. The highest BCUT2D eigenvalue weighted by molar-refractivity contribution is 7.89. The summed E-state index contributed by atoms with van der Waals surface area (Å²) in [6.45, 7) is 4.38. The van der Waals surface area contributed by atoms with Crippen LogP contribution in [0.1, 0.15) is 46.0 Å². The smallest absolute Gasteiger partial charge is 0.211 e. The van der Waals surface area contributed by atoms with Crippen LogP contribution in [0.3, 0.4) is 0 Å². The van der Waals surface area contributed by atoms with Crippen LogP contribution in [-0.4, -0.2) is 31.9 Å². The molecular weight excluding hydrogens is 226 g/mol. The van der Waals surface area contributed by atoms with Crippen molar-refractivity contribution in [3.8, 4) is 0 Å². The summed E-state index contributed by atoms with van der Waals surface area (Å²) in [5, 5.41) is 8.61. The van der Waals surface area contributed by atoms with Crippen LogP contribution in [0.15, 0.2) is 0 Å². The van der Waals surface area contributed by atoms with Crippen molar-refractivity contribution in [1.29, 1.82) is 0 Å². The number of hydrogen-bond acceptors (Lipinski definition) is 3. The third-order valence-corrected chi connectivity index (χ3v) is 4.78. The lowest BCUT2D eigenvalue weighted by Crippen LogP contribution is -2.40. The van der Waals surface area contributed by atoms with Gasteiger partial charge in [0.2, 0.25) is 10.0 Å². The second kappa shape index (κ2) is 5.47. The molecule has 1 aliphatic carbocycles. The Kier molecular flexibility index (Phi) is 4.76. The molecule has 0 amide bonds. The molecule has 5 heteroatoms. The molecule has 2 N–H and O–H groups in total. The fourth-order valence-corrected chi connectivity index (χ4v) is 3.46. The van der Waals surface area contributed by atoms with E-state index in [1.54, 1.807) is 0 Å². The van der Waals surface area contributed by atoms with E-state index >= 15 is 0 Å². The van der Waals surface area contributed by atoms with Gasteiger partial charge in [0, 0.05) is 12.6 Å². The van der Waals surface area contributed by atoms with Gasteiger partial charge in [-0.25, -0.2) is 13.1 Å². The van der Waals surface area contributed by atoms with Gasteiger partial charge in [-0.15, -0.1) is 0 Å². The molecule has 0 aromatic rings. The van der Waals surface area contributed by atoms with Gasteiger partial charge in [0.25, 0.3) is 0 Å². The third kappa shape index (κ3) is 4.80. The van der Waals surface area contributed by atoms with Gasteiger partial charge in [-0.05, 0) is 37.5 Å². The fraction of sp³-hybridized carbons (Fsp3) is 1.00. The summed E-state index contributed by atoms with van der Waals surface area (Å²) >= 11 is 0. The standard InChI is InChI=1S/C11H23NO3S/c1-11(2)6-4-10(5-7-11)12-16(14,15)9-3-8-13/h10,12-13H,3-9H2,1-2H3. The highest BCUT2D eigenvalue weighted by Crippen LogP contribution is 2.35. The Bertz CT molecular complexity index is 301. The molecule has 0 aromatic heterocycles. The molecule has 1 saturated carbocycles. The SMILES string of the molecule is CC1(C)CCC(NS(=O)(=O)CCCO)CC1. The molecule has 96 valence electrons. The molecule has 0 spiro atoms. The number of sulfonamides is 1. The molecule has 1 fully saturated rings. The van der Waals surface area contributed by atoms with Gasteiger partial charge in [0.1, 0.15) is 0 Å². The molecular formula is C11H23NO3S. The normalized spacial score (nSPS) is 22.2. The molecule has 0 aliphatic heterocycles. The summed E-state index contributed by atoms with van der Waals surface area (Å²) in [6, 6.07) is 0.0942. The number of hydrogen-bond donors (Lipinski definition) is 2. The van der Waals surface area contributed by atoms with Crippen LogP contribution in [0.5, 0.6) is 0 Å². The number of nitrogens with one attached hydrogen (secondary N) is 1. The van der Waals surface area contributed by atoms with Crippen LogP contribution in [-0.2, 0) is 10.0 Å². The Morgan fingerprint density at radius 2 is 1.88 bits per heavy atom. The molecule has 0 atom stereocenters. The summed E-state index contributed by atoms with van der Waals surface area (Å²) in [6.07, 6.45) is 4.30. The van der Waals surface area contributed by atoms with E-state index in [-0.39, 0.29) is 18.4 Å². The maximum absolute atomic E-state index is 11.6. The van der Waals surface area contributed by atoms with Crippen molar-refractivity contribution >= 4 is 10.0 Å². The highest BCUT2D eigenvalue weighted by Gasteiger charge is 2.28. The number of rotatable bonds is 5. The van der Waals surface area contributed by atoms with Crippen LogP contribution >= 0.6 is 0 Å². The van der Waals surface area contributed by atoms with Crippen LogP contribution in [0, 0.1) is 5.41 Å². The monoisotopic (exact) mass is 249 g/mol. The van der Waals surface area contributed by atoms with E-state index in [1.807, 2.05) is 0 Å². The van der Waals surface area contributed by atoms with E-state index in [1.165, 1.54) is 0 Å². The summed E-state index contributed by atoms with van der Waals surface area (Å²) in [5.74, 6) is 0.0311. The Labute approximate surface area is 98.5 Å². The van der Waals surface area contributed by atoms with Gasteiger partial charge < -0.3 is 5.11 Å². The lowest BCUT2D eigenvalue weighted by atomic mass is 9.76. The van der Waals surface area contributed by atoms with Crippen molar-refractivity contribution in [3.05, 3.63) is 0 Å². The number of aliphatic hydroxyl groups excluding tert-OH is 1. The maximum Gasteiger partial charge on any atom is 0.211 e. The minimum absolute atomic E-state index is 0.0311. The van der Waals surface area contributed by atoms with Crippen molar-refractivity contribution in [1.82, 2.24) is 4.72 Å². The Morgan fingerprint density at radius 1 is 1.31 bits per heavy atom. The Balaban J connectivity index is 2.38. The summed E-state index contributed by atoms with van der Waals surface area (Å²) in [4.78, 5) is 0. The van der Waals surface area contributed by atoms with Crippen molar-refractivity contribution in [2.75, 3.05) is 12.4 Å². The zero-order chi connectivity index (χ0) is 12.2. The predicted octanol–water partition coefficient (Wildman–Crippen LogP) is 1.26. The van der Waals surface area contributed by atoms with Crippen LogP contribution < -0.4 is 4.72 Å². The van der Waals surface area contributed by atoms with Gasteiger partial charge >= 0.3 is 0 Å². The lowest BCUT2D eigenvalue weighted by Gasteiger charge is -2.34. The molecule has 0 radical (unpaired) electrons. The average molecular weight is 249 g/mol. The molecule has 16 heavy (non-hydrogen) atoms. The van der Waals surface area contributed by atoms with Crippen molar-refractivity contribution in [3.63, 3.8) is 0 Å². The quantitative estimate of drug-likeness (QED) is 0.771. The van der Waals surface area contributed by atoms with Gasteiger partial charge in [-0.1, -0.05) is 13.8 Å². The van der Waals surface area contributed by atoms with Crippen molar-refractivity contribution in [2.45, 2.75) is 52.0 Å². The molecule has 0 aromatic carbocycles. The largest absolute Gasteiger partial charge is 0.396 e. The molecule has 0 bridgehead atoms. The second-order valence-corrected chi connectivity index (χ2v) is 7.33. The first-order valence-corrected chi connectivity index (χ1v) is 7.61. The second-order valence-electron chi connectivity index (χ2n) is 5.45. The van der Waals surface area contributed by atoms with Crippen LogP contribution in [0.4, 0.5) is 0 Å². The fourth-order valence-electron chi connectivity index (χ4n) is 2.08. The predicted molar refractivity (Wildman–Crippen MR) is 64.7 cm³/mol. The number of aliphatic hydroxyl groups is 1. The average Bonchev–Trinajstić information content (AvgIpc) is 2.18. The highest BCUT2D eigenvalue weighted by atomic mass is 32.2. The first kappa shape index (κ1) is 13.9. The molecule has 1 rings (SSSR count). The van der Waals surface area contributed by atoms with Gasteiger partial charge in [0.15, 0.2) is 0 Å². The first-order valence-electron chi connectivity index (χ1n) is 5.95. The van der Waals surface area contributed by atoms with Gasteiger partial charge in [-0.2, -0.15) is 0 Å². The maximum atomic E-state index is 11.6. The Hall–Kier alpha value is -0.130. The van der Waals surface area contributed by atoms with E-state index in [4.69, 9.17) is 5.11 Å². The van der Waals surface area contributed by atoms with Crippen molar-refractivity contribution < 1.29 is 13.5 Å². The van der Waals surface area contributed by atoms with E-state index in [0.29, 0.717) is 11.8 Å². The third-order valence-electron chi connectivity index (χ3n) is 3.26. The van der Waals surface area contributed by atoms with Gasteiger partial charge in [-0.3, -0.25) is 0 Å². The zero-order valence-corrected chi connectivity index (χ0v) is 11.0. The van der Waals surface area contributed by atoms with Gasteiger partial charge in [0.05, 0.1) is 5.75 Å². The summed E-state index contributed by atoms with van der Waals surface area (Å²) < 4.78 is 25.9. The molecule has 0 saturated heterocycles. The molecule has 4 nitrogen and oxygen atoms in total. The molecule has 0 unspecified atom stereocenters. The topological polar surface area (TPSA) is 66.4 Å². The molecule has 0 heterocycles. The van der Waals surface area contributed by atoms with E-state index in [0.717, 1.165) is 25.7 Å². The molecule has 1 aliphatic rings. The van der Waals surface area contributed by atoms with E-state index in [2.05, 4.69) is 18.6 Å². The first-order chi connectivity index (χ1) is 7.35.